The van der Waals surface area contributed by atoms with Crippen LogP contribution < -0.4 is 0 Å². The van der Waals surface area contributed by atoms with Gasteiger partial charge >= 0.3 is 0 Å². The van der Waals surface area contributed by atoms with Crippen LogP contribution in [0.5, 0.6) is 0 Å². The third kappa shape index (κ3) is 8.49. The molecule has 0 aliphatic carbocycles. The number of rotatable bonds is 9. The molecule has 0 radical (unpaired) electrons. The average Bonchev–Trinajstić information content (AvgIpc) is 3.73. The number of benzene rings is 9. The molecule has 0 unspecified atom stereocenters. The van der Waals surface area contributed by atoms with Crippen LogP contribution in [0.2, 0.25) is 0 Å². The summed E-state index contributed by atoms with van der Waals surface area (Å²) < 4.78 is 2.43. The number of aromatic nitrogens is 5. The highest BCUT2D eigenvalue weighted by Crippen LogP contribution is 2.43. The van der Waals surface area contributed by atoms with Gasteiger partial charge in [0.2, 0.25) is 0 Å². The summed E-state index contributed by atoms with van der Waals surface area (Å²) in [6.45, 7) is 13.3. The quantitative estimate of drug-likeness (QED) is 0.145. The highest BCUT2D eigenvalue weighted by atomic mass is 15.0. The average molecular weight is 940 g/mol. The summed E-state index contributed by atoms with van der Waals surface area (Å²) in [5.41, 5.74) is 24.8. The number of hydrogen-bond acceptors (Lipinski definition) is 4. The maximum Gasteiger partial charge on any atom is 0.160 e. The zero-order valence-corrected chi connectivity index (χ0v) is 41.9. The van der Waals surface area contributed by atoms with Crippen molar-refractivity contribution in [2.75, 3.05) is 0 Å². The van der Waals surface area contributed by atoms with Crippen LogP contribution in [0.3, 0.4) is 0 Å². The molecular formula is C68H53N5. The first kappa shape index (κ1) is 45.1. The fourth-order valence-electron chi connectivity index (χ4n) is 11.1. The maximum atomic E-state index is 5.49. The molecule has 0 saturated heterocycles. The molecule has 0 saturated carbocycles. The fraction of sp³-hybridized carbons (Fsp3) is 0.0882. The van der Waals surface area contributed by atoms with Gasteiger partial charge in [-0.15, -0.1) is 0 Å². The van der Waals surface area contributed by atoms with Crippen molar-refractivity contribution < 1.29 is 0 Å². The summed E-state index contributed by atoms with van der Waals surface area (Å²) in [6, 6.07) is 75.5. The largest absolute Gasteiger partial charge is 0.309 e. The number of nitrogens with zero attached hydrogens (tertiary/aromatic N) is 5. The molecule has 5 heteroatoms. The standard InChI is InChI=1S/C68H53N5/c1-42-33-44(3)65(45(4)34-42)52-27-30-62-55(37-52)56-38-53(66-46(5)35-43(2)36-47(66)6)28-31-63(56)73(62)64-32-29-54(68-70-58(48-19-11-7-12-20-48)40-59(71-68)49-21-13-8-14-22-49)39-57(64)61-41-60(50-23-15-9-16-24-50)69-67(72-61)51-25-17-10-18-26-51/h7-41H,1-6H3. The molecule has 0 fully saturated rings. The van der Waals surface area contributed by atoms with Crippen molar-refractivity contribution in [2.45, 2.75) is 41.5 Å². The summed E-state index contributed by atoms with van der Waals surface area (Å²) in [6.07, 6.45) is 0. The Morgan fingerprint density at radius 1 is 0.288 bits per heavy atom. The Balaban J connectivity index is 1.16. The second-order valence-electron chi connectivity index (χ2n) is 19.5. The second kappa shape index (κ2) is 18.6. The second-order valence-corrected chi connectivity index (χ2v) is 19.5. The van der Waals surface area contributed by atoms with Crippen LogP contribution in [-0.4, -0.2) is 24.5 Å². The normalized spacial score (nSPS) is 11.4. The van der Waals surface area contributed by atoms with Gasteiger partial charge in [-0.1, -0.05) is 169 Å². The van der Waals surface area contributed by atoms with E-state index in [2.05, 4.69) is 222 Å². The van der Waals surface area contributed by atoms with Crippen molar-refractivity contribution in [2.24, 2.45) is 0 Å². The lowest BCUT2D eigenvalue weighted by molar-refractivity contribution is 1.14. The van der Waals surface area contributed by atoms with E-state index in [-0.39, 0.29) is 0 Å². The smallest absolute Gasteiger partial charge is 0.160 e. The van der Waals surface area contributed by atoms with E-state index in [9.17, 15) is 0 Å². The monoisotopic (exact) mass is 939 g/mol. The predicted octanol–water partition coefficient (Wildman–Crippen LogP) is 17.6. The molecule has 12 rings (SSSR count). The van der Waals surface area contributed by atoms with Gasteiger partial charge in [0.05, 0.1) is 39.5 Å². The molecule has 0 aliphatic heterocycles. The molecule has 0 N–H and O–H groups in total. The van der Waals surface area contributed by atoms with E-state index < -0.39 is 0 Å². The van der Waals surface area contributed by atoms with Gasteiger partial charge in [0, 0.05) is 44.2 Å². The summed E-state index contributed by atoms with van der Waals surface area (Å²) in [4.78, 5) is 21.4. The number of aryl methyl sites for hydroxylation is 6. The Morgan fingerprint density at radius 2 is 0.644 bits per heavy atom. The van der Waals surface area contributed by atoms with E-state index in [4.69, 9.17) is 19.9 Å². The van der Waals surface area contributed by atoms with Gasteiger partial charge in [0.1, 0.15) is 0 Å². The van der Waals surface area contributed by atoms with Crippen molar-refractivity contribution in [3.05, 3.63) is 246 Å². The summed E-state index contributed by atoms with van der Waals surface area (Å²) in [7, 11) is 0. The molecular weight excluding hydrogens is 887 g/mol. The van der Waals surface area contributed by atoms with Gasteiger partial charge in [-0.3, -0.25) is 0 Å². The van der Waals surface area contributed by atoms with Gasteiger partial charge < -0.3 is 4.57 Å². The Hall–Kier alpha value is -9.06. The van der Waals surface area contributed by atoms with Gasteiger partial charge in [-0.05, 0) is 141 Å². The van der Waals surface area contributed by atoms with Crippen molar-refractivity contribution in [3.63, 3.8) is 0 Å². The molecule has 3 aromatic heterocycles. The molecule has 0 amide bonds. The van der Waals surface area contributed by atoms with Crippen molar-refractivity contribution >= 4 is 21.8 Å². The highest BCUT2D eigenvalue weighted by molar-refractivity contribution is 6.12. The lowest BCUT2D eigenvalue weighted by Gasteiger charge is -2.18. The zero-order chi connectivity index (χ0) is 49.7. The highest BCUT2D eigenvalue weighted by Gasteiger charge is 2.23. The van der Waals surface area contributed by atoms with Gasteiger partial charge in [-0.2, -0.15) is 0 Å². The molecule has 3 heterocycles. The first-order valence-electron chi connectivity index (χ1n) is 25.0. The zero-order valence-electron chi connectivity index (χ0n) is 41.9. The summed E-state index contributed by atoms with van der Waals surface area (Å²) in [5, 5.41) is 2.35. The molecule has 73 heavy (non-hydrogen) atoms. The molecule has 12 aromatic rings. The van der Waals surface area contributed by atoms with Crippen molar-refractivity contribution in [3.8, 4) is 95.7 Å². The minimum atomic E-state index is 0.623. The first-order chi connectivity index (χ1) is 35.6. The van der Waals surface area contributed by atoms with Crippen LogP contribution in [0.4, 0.5) is 0 Å². The molecule has 0 spiro atoms. The third-order valence-electron chi connectivity index (χ3n) is 14.2. The van der Waals surface area contributed by atoms with E-state index >= 15 is 0 Å². The molecule has 5 nitrogen and oxygen atoms in total. The van der Waals surface area contributed by atoms with E-state index in [0.717, 1.165) is 72.9 Å². The van der Waals surface area contributed by atoms with Crippen LogP contribution in [0.25, 0.3) is 118 Å². The molecule has 0 atom stereocenters. The molecule has 350 valence electrons. The van der Waals surface area contributed by atoms with Crippen LogP contribution in [0.15, 0.2) is 212 Å². The van der Waals surface area contributed by atoms with E-state index in [0.29, 0.717) is 11.6 Å². The number of fused-ring (bicyclic) bond motifs is 3. The van der Waals surface area contributed by atoms with Crippen molar-refractivity contribution in [1.82, 2.24) is 24.5 Å². The topological polar surface area (TPSA) is 56.5 Å². The van der Waals surface area contributed by atoms with E-state index in [1.54, 1.807) is 0 Å². The summed E-state index contributed by atoms with van der Waals surface area (Å²) in [5.74, 6) is 1.27. The number of hydrogen-bond donors (Lipinski definition) is 0. The summed E-state index contributed by atoms with van der Waals surface area (Å²) >= 11 is 0. The lowest BCUT2D eigenvalue weighted by atomic mass is 9.91. The Bertz CT molecular complexity index is 3790. The predicted molar refractivity (Wildman–Crippen MR) is 304 cm³/mol. The van der Waals surface area contributed by atoms with E-state index in [1.807, 2.05) is 36.4 Å². The Morgan fingerprint density at radius 3 is 1.07 bits per heavy atom. The minimum Gasteiger partial charge on any atom is -0.309 e. The van der Waals surface area contributed by atoms with Crippen LogP contribution in [0, 0.1) is 41.5 Å². The van der Waals surface area contributed by atoms with E-state index in [1.165, 1.54) is 66.4 Å². The maximum absolute atomic E-state index is 5.49. The molecule has 0 bridgehead atoms. The third-order valence-corrected chi connectivity index (χ3v) is 14.2. The molecule has 9 aromatic carbocycles. The van der Waals surface area contributed by atoms with Gasteiger partial charge in [0.15, 0.2) is 11.6 Å². The lowest BCUT2D eigenvalue weighted by Crippen LogP contribution is -2.02. The Labute approximate surface area is 427 Å². The fourth-order valence-corrected chi connectivity index (χ4v) is 11.1. The van der Waals surface area contributed by atoms with Gasteiger partial charge in [-0.25, -0.2) is 19.9 Å². The SMILES string of the molecule is Cc1cc(C)c(-c2ccc3c(c2)c2cc(-c4c(C)cc(C)cc4C)ccc2n3-c2ccc(-c3nc(-c4ccccc4)cc(-c4ccccc4)n3)cc2-c2cc(-c3ccccc3)nc(-c3ccccc3)n2)c(C)c1. The van der Waals surface area contributed by atoms with Gasteiger partial charge in [0.25, 0.3) is 0 Å². The Kier molecular flexibility index (Phi) is 11.5. The van der Waals surface area contributed by atoms with Crippen molar-refractivity contribution in [1.29, 1.82) is 0 Å². The van der Waals surface area contributed by atoms with Crippen LogP contribution in [-0.2, 0) is 0 Å². The molecule has 0 aliphatic rings. The van der Waals surface area contributed by atoms with Crippen LogP contribution >= 0.6 is 0 Å². The first-order valence-corrected chi connectivity index (χ1v) is 25.0. The van der Waals surface area contributed by atoms with Crippen LogP contribution in [0.1, 0.15) is 33.4 Å². The minimum absolute atomic E-state index is 0.623.